The summed E-state index contributed by atoms with van der Waals surface area (Å²) in [6, 6.07) is 21.6. The molecule has 0 aliphatic carbocycles. The van der Waals surface area contributed by atoms with Crippen LogP contribution in [0.15, 0.2) is 66.9 Å². The van der Waals surface area contributed by atoms with Crippen LogP contribution in [0, 0.1) is 6.92 Å². The van der Waals surface area contributed by atoms with E-state index in [4.69, 9.17) is 0 Å². The molecular weight excluding hydrogens is 310 g/mol. The third-order valence-electron chi connectivity index (χ3n) is 3.88. The largest absolute Gasteiger partial charge is 1.00 e. The monoisotopic (exact) mass is 323 g/mol. The molecule has 2 heteroatoms. The van der Waals surface area contributed by atoms with Crippen molar-refractivity contribution in [2.75, 3.05) is 0 Å². The number of benzene rings is 2. The maximum absolute atomic E-state index is 2.26. The zero-order chi connectivity index (χ0) is 12.8. The van der Waals surface area contributed by atoms with E-state index in [1.165, 1.54) is 32.8 Å². The molecule has 0 aliphatic heterocycles. The molecule has 0 N–H and O–H groups in total. The van der Waals surface area contributed by atoms with Crippen molar-refractivity contribution in [1.29, 1.82) is 0 Å². The SMILES string of the molecule is Cc1c2c(ccc3ccccc32)cc2cccc[n+]12.[Br-]. The van der Waals surface area contributed by atoms with Crippen molar-refractivity contribution in [3.05, 3.63) is 72.6 Å². The fourth-order valence-corrected chi connectivity index (χ4v) is 2.97. The number of hydrogen-bond acceptors (Lipinski definition) is 0. The first kappa shape index (κ1) is 13.1. The molecule has 0 aliphatic rings. The van der Waals surface area contributed by atoms with E-state index in [0.717, 1.165) is 0 Å². The number of rotatable bonds is 0. The summed E-state index contributed by atoms with van der Waals surface area (Å²) < 4.78 is 2.26. The van der Waals surface area contributed by atoms with E-state index in [1.54, 1.807) is 0 Å². The molecule has 2 heterocycles. The topological polar surface area (TPSA) is 4.10 Å². The van der Waals surface area contributed by atoms with Gasteiger partial charge in [-0.2, -0.15) is 4.40 Å². The molecular formula is C18H14BrN. The molecule has 0 bridgehead atoms. The van der Waals surface area contributed by atoms with E-state index < -0.39 is 0 Å². The van der Waals surface area contributed by atoms with Crippen molar-refractivity contribution in [3.63, 3.8) is 0 Å². The second kappa shape index (κ2) is 4.88. The number of pyridine rings is 2. The van der Waals surface area contributed by atoms with Crippen molar-refractivity contribution in [2.45, 2.75) is 6.92 Å². The zero-order valence-electron chi connectivity index (χ0n) is 11.2. The summed E-state index contributed by atoms with van der Waals surface area (Å²) in [7, 11) is 0. The smallest absolute Gasteiger partial charge is 0.211 e. The number of aromatic nitrogens is 1. The fourth-order valence-electron chi connectivity index (χ4n) is 2.97. The van der Waals surface area contributed by atoms with Crippen molar-refractivity contribution in [1.82, 2.24) is 0 Å². The molecule has 0 atom stereocenters. The fraction of sp³-hybridized carbons (Fsp3) is 0.0556. The summed E-state index contributed by atoms with van der Waals surface area (Å²) in [6.07, 6.45) is 2.13. The lowest BCUT2D eigenvalue weighted by Crippen LogP contribution is -3.00. The van der Waals surface area contributed by atoms with Crippen LogP contribution in [0.25, 0.3) is 27.1 Å². The van der Waals surface area contributed by atoms with Crippen LogP contribution in [0.1, 0.15) is 5.69 Å². The van der Waals surface area contributed by atoms with Crippen LogP contribution >= 0.6 is 0 Å². The minimum atomic E-state index is 0. The Kier molecular flexibility index (Phi) is 3.19. The lowest BCUT2D eigenvalue weighted by Gasteiger charge is -2.05. The molecule has 4 rings (SSSR count). The first-order valence-corrected chi connectivity index (χ1v) is 6.56. The van der Waals surface area contributed by atoms with Gasteiger partial charge in [0.25, 0.3) is 0 Å². The second-order valence-corrected chi connectivity index (χ2v) is 4.98. The summed E-state index contributed by atoms with van der Waals surface area (Å²) >= 11 is 0. The maximum atomic E-state index is 2.26. The van der Waals surface area contributed by atoms with Gasteiger partial charge < -0.3 is 17.0 Å². The highest BCUT2D eigenvalue weighted by Crippen LogP contribution is 2.27. The van der Waals surface area contributed by atoms with E-state index in [1.807, 2.05) is 0 Å². The van der Waals surface area contributed by atoms with Gasteiger partial charge in [0.05, 0.1) is 5.39 Å². The summed E-state index contributed by atoms with van der Waals surface area (Å²) in [5.41, 5.74) is 2.53. The van der Waals surface area contributed by atoms with Crippen LogP contribution in [-0.4, -0.2) is 0 Å². The summed E-state index contributed by atoms with van der Waals surface area (Å²) in [4.78, 5) is 0. The highest BCUT2D eigenvalue weighted by molar-refractivity contribution is 6.08. The van der Waals surface area contributed by atoms with Gasteiger partial charge in [-0.3, -0.25) is 0 Å². The Bertz CT molecular complexity index is 928. The predicted octanol–water partition coefficient (Wildman–Crippen LogP) is 1.04. The number of hydrogen-bond donors (Lipinski definition) is 0. The van der Waals surface area contributed by atoms with Gasteiger partial charge in [0.15, 0.2) is 11.9 Å². The molecule has 0 unspecified atom stereocenters. The van der Waals surface area contributed by atoms with Crippen LogP contribution in [0.5, 0.6) is 0 Å². The van der Waals surface area contributed by atoms with Gasteiger partial charge in [0.2, 0.25) is 5.52 Å². The summed E-state index contributed by atoms with van der Waals surface area (Å²) in [6.45, 7) is 2.20. The normalized spacial score (nSPS) is 10.8. The van der Waals surface area contributed by atoms with Crippen LogP contribution in [0.4, 0.5) is 0 Å². The van der Waals surface area contributed by atoms with Gasteiger partial charge in [-0.25, -0.2) is 0 Å². The quantitative estimate of drug-likeness (QED) is 0.259. The molecule has 0 spiro atoms. The number of nitrogens with zero attached hydrogens (tertiary/aromatic N) is 1. The Balaban J connectivity index is 0.00000121. The van der Waals surface area contributed by atoms with E-state index in [-0.39, 0.29) is 17.0 Å². The Morgan fingerprint density at radius 1 is 0.800 bits per heavy atom. The van der Waals surface area contributed by atoms with Gasteiger partial charge in [-0.15, -0.1) is 0 Å². The Morgan fingerprint density at radius 3 is 2.45 bits per heavy atom. The Labute approximate surface area is 128 Å². The van der Waals surface area contributed by atoms with Crippen molar-refractivity contribution >= 4 is 27.1 Å². The predicted molar refractivity (Wildman–Crippen MR) is 79.4 cm³/mol. The number of halogens is 1. The van der Waals surface area contributed by atoms with E-state index >= 15 is 0 Å². The van der Waals surface area contributed by atoms with E-state index in [9.17, 15) is 0 Å². The molecule has 0 radical (unpaired) electrons. The number of aryl methyl sites for hydroxylation is 1. The van der Waals surface area contributed by atoms with Crippen LogP contribution in [-0.2, 0) is 0 Å². The lowest BCUT2D eigenvalue weighted by atomic mass is 10.0. The van der Waals surface area contributed by atoms with E-state index in [2.05, 4.69) is 78.2 Å². The van der Waals surface area contributed by atoms with Crippen LogP contribution < -0.4 is 21.4 Å². The van der Waals surface area contributed by atoms with Gasteiger partial charge in [0.1, 0.15) is 0 Å². The Hall–Kier alpha value is -1.93. The zero-order valence-corrected chi connectivity index (χ0v) is 12.8. The molecule has 0 amide bonds. The first-order valence-electron chi connectivity index (χ1n) is 6.56. The second-order valence-electron chi connectivity index (χ2n) is 4.98. The van der Waals surface area contributed by atoms with Crippen molar-refractivity contribution in [2.24, 2.45) is 0 Å². The molecule has 20 heavy (non-hydrogen) atoms. The molecule has 0 saturated heterocycles. The minimum Gasteiger partial charge on any atom is -1.00 e. The molecule has 0 fully saturated rings. The van der Waals surface area contributed by atoms with Crippen molar-refractivity contribution < 1.29 is 21.4 Å². The van der Waals surface area contributed by atoms with Crippen LogP contribution in [0.3, 0.4) is 0 Å². The average molecular weight is 324 g/mol. The first-order chi connectivity index (χ1) is 9.34. The molecule has 1 nitrogen and oxygen atoms in total. The molecule has 0 saturated carbocycles. The van der Waals surface area contributed by atoms with E-state index in [0.29, 0.717) is 0 Å². The molecule has 2 aromatic carbocycles. The average Bonchev–Trinajstić information content (AvgIpc) is 2.47. The van der Waals surface area contributed by atoms with Crippen molar-refractivity contribution in [3.8, 4) is 0 Å². The van der Waals surface area contributed by atoms with Gasteiger partial charge in [-0.05, 0) is 22.2 Å². The Morgan fingerprint density at radius 2 is 1.55 bits per heavy atom. The number of fused-ring (bicyclic) bond motifs is 4. The summed E-state index contributed by atoms with van der Waals surface area (Å²) in [5, 5.41) is 5.29. The van der Waals surface area contributed by atoms with Gasteiger partial charge in [0, 0.05) is 25.1 Å². The minimum absolute atomic E-state index is 0. The van der Waals surface area contributed by atoms with Gasteiger partial charge >= 0.3 is 0 Å². The third-order valence-corrected chi connectivity index (χ3v) is 3.88. The molecule has 4 aromatic rings. The standard InChI is InChI=1S/C18H14N.BrH/c1-13-18-15(12-16-7-4-5-11-19(13)16)10-9-14-6-2-3-8-17(14)18;/h2-12H,1H3;1H/q+1;/p-1. The maximum Gasteiger partial charge on any atom is 0.211 e. The van der Waals surface area contributed by atoms with Gasteiger partial charge in [-0.1, -0.05) is 36.4 Å². The third kappa shape index (κ3) is 1.80. The van der Waals surface area contributed by atoms with Crippen LogP contribution in [0.2, 0.25) is 0 Å². The lowest BCUT2D eigenvalue weighted by molar-refractivity contribution is -0.517. The molecule has 2 aromatic heterocycles. The highest BCUT2D eigenvalue weighted by atomic mass is 79.9. The highest BCUT2D eigenvalue weighted by Gasteiger charge is 2.13. The summed E-state index contributed by atoms with van der Waals surface area (Å²) in [5.74, 6) is 0. The molecule has 98 valence electrons.